The number of ether oxygens (including phenoxy) is 1. The summed E-state index contributed by atoms with van der Waals surface area (Å²) in [5.74, 6) is -1.09. The van der Waals surface area contributed by atoms with Gasteiger partial charge in [-0.1, -0.05) is 67.2 Å². The Kier molecular flexibility index (Phi) is 3.71. The summed E-state index contributed by atoms with van der Waals surface area (Å²) in [6.45, 7) is 3.29. The molecule has 3 nitrogen and oxygen atoms in total. The molecule has 4 rings (SSSR count). The zero-order valence-corrected chi connectivity index (χ0v) is 11.9. The lowest BCUT2D eigenvalue weighted by molar-refractivity contribution is -0.151. The Balaban J connectivity index is 0.000000154. The first-order chi connectivity index (χ1) is 10.6. The highest BCUT2D eigenvalue weighted by atomic mass is 16.6. The second kappa shape index (κ2) is 5.82. The summed E-state index contributed by atoms with van der Waals surface area (Å²) < 4.78 is 4.10. The Morgan fingerprint density at radius 3 is 1.64 bits per heavy atom. The van der Waals surface area contributed by atoms with Crippen molar-refractivity contribution in [3.63, 3.8) is 0 Å². The maximum atomic E-state index is 10.2. The number of carbonyl (C=O) groups excluding carboxylic acids is 2. The van der Waals surface area contributed by atoms with E-state index in [2.05, 4.69) is 72.0 Å². The molecule has 0 unspecified atom stereocenters. The molecule has 0 N–H and O–H groups in total. The molecule has 1 fully saturated rings. The zero-order valence-electron chi connectivity index (χ0n) is 11.9. The van der Waals surface area contributed by atoms with Gasteiger partial charge in [0, 0.05) is 5.57 Å². The fourth-order valence-corrected chi connectivity index (χ4v) is 2.41. The van der Waals surface area contributed by atoms with Gasteiger partial charge in [0.15, 0.2) is 0 Å². The Morgan fingerprint density at radius 2 is 1.27 bits per heavy atom. The molecule has 1 heterocycles. The van der Waals surface area contributed by atoms with Crippen LogP contribution in [0.3, 0.4) is 0 Å². The largest absolute Gasteiger partial charge is 0.389 e. The molecule has 1 saturated heterocycles. The van der Waals surface area contributed by atoms with Crippen LogP contribution in [0.25, 0.3) is 21.5 Å². The first kappa shape index (κ1) is 14.0. The monoisotopic (exact) mass is 290 g/mol. The number of carbonyl (C=O) groups is 2. The smallest absolute Gasteiger partial charge is 0.341 e. The van der Waals surface area contributed by atoms with Crippen LogP contribution >= 0.6 is 0 Å². The fourth-order valence-electron chi connectivity index (χ4n) is 2.41. The maximum absolute atomic E-state index is 10.2. The van der Waals surface area contributed by atoms with Crippen molar-refractivity contribution in [2.75, 3.05) is 0 Å². The molecule has 0 amide bonds. The molecule has 1 aliphatic heterocycles. The fraction of sp³-hybridized carbons (Fsp3) is 0.0526. The minimum Gasteiger partial charge on any atom is -0.389 e. The van der Waals surface area contributed by atoms with Gasteiger partial charge in [-0.25, -0.2) is 4.79 Å². The number of hydrogen-bond acceptors (Lipinski definition) is 3. The summed E-state index contributed by atoms with van der Waals surface area (Å²) >= 11 is 0. The summed E-state index contributed by atoms with van der Waals surface area (Å²) in [7, 11) is 0. The van der Waals surface area contributed by atoms with Crippen LogP contribution in [0, 0.1) is 0 Å². The molecule has 0 aromatic heterocycles. The molecule has 0 radical (unpaired) electrons. The molecule has 3 aromatic rings. The Morgan fingerprint density at radius 1 is 0.773 bits per heavy atom. The van der Waals surface area contributed by atoms with Crippen LogP contribution < -0.4 is 0 Å². The SMILES string of the molecule is C=C1CC(=O)OC1=O.c1ccc2c(c1)ccc1ccccc12. The van der Waals surface area contributed by atoms with Gasteiger partial charge in [0.25, 0.3) is 0 Å². The van der Waals surface area contributed by atoms with E-state index in [-0.39, 0.29) is 12.0 Å². The molecule has 0 atom stereocenters. The molecular formula is C19H14O3. The van der Waals surface area contributed by atoms with E-state index < -0.39 is 11.9 Å². The second-order valence-corrected chi connectivity index (χ2v) is 5.05. The molecule has 3 aromatic carbocycles. The van der Waals surface area contributed by atoms with Crippen LogP contribution in [0.15, 0.2) is 72.8 Å². The lowest BCUT2D eigenvalue weighted by atomic mass is 10.0. The first-order valence-corrected chi connectivity index (χ1v) is 6.94. The molecule has 108 valence electrons. The van der Waals surface area contributed by atoms with E-state index in [0.717, 1.165) is 0 Å². The van der Waals surface area contributed by atoms with Gasteiger partial charge in [0.2, 0.25) is 0 Å². The van der Waals surface area contributed by atoms with Crippen molar-refractivity contribution >= 4 is 33.5 Å². The summed E-state index contributed by atoms with van der Waals surface area (Å²) in [5, 5.41) is 5.30. The lowest BCUT2D eigenvalue weighted by Crippen LogP contribution is -1.95. The molecule has 3 heteroatoms. The van der Waals surface area contributed by atoms with Crippen LogP contribution in [0.5, 0.6) is 0 Å². The molecule has 0 saturated carbocycles. The highest BCUT2D eigenvalue weighted by Gasteiger charge is 2.24. The van der Waals surface area contributed by atoms with E-state index in [1.807, 2.05) is 0 Å². The molecule has 22 heavy (non-hydrogen) atoms. The van der Waals surface area contributed by atoms with Crippen molar-refractivity contribution in [1.29, 1.82) is 0 Å². The Hall–Kier alpha value is -2.94. The minimum atomic E-state index is -0.588. The molecule has 0 aliphatic carbocycles. The highest BCUT2D eigenvalue weighted by molar-refractivity contribution is 6.07. The van der Waals surface area contributed by atoms with Crippen molar-refractivity contribution in [3.05, 3.63) is 72.8 Å². The van der Waals surface area contributed by atoms with Gasteiger partial charge >= 0.3 is 11.9 Å². The van der Waals surface area contributed by atoms with Crippen LogP contribution in [0.1, 0.15) is 6.42 Å². The number of rotatable bonds is 0. The topological polar surface area (TPSA) is 43.4 Å². The zero-order chi connectivity index (χ0) is 15.5. The van der Waals surface area contributed by atoms with E-state index in [4.69, 9.17) is 0 Å². The van der Waals surface area contributed by atoms with Gasteiger partial charge in [-0.2, -0.15) is 0 Å². The summed E-state index contributed by atoms with van der Waals surface area (Å²) in [4.78, 5) is 20.4. The number of fused-ring (bicyclic) bond motifs is 3. The van der Waals surface area contributed by atoms with Crippen LogP contribution in [-0.2, 0) is 14.3 Å². The van der Waals surface area contributed by atoms with E-state index in [1.165, 1.54) is 21.5 Å². The average molecular weight is 290 g/mol. The van der Waals surface area contributed by atoms with E-state index in [0.29, 0.717) is 0 Å². The lowest BCUT2D eigenvalue weighted by Gasteiger charge is -2.02. The van der Waals surface area contributed by atoms with Gasteiger partial charge in [-0.15, -0.1) is 0 Å². The highest BCUT2D eigenvalue weighted by Crippen LogP contribution is 2.24. The van der Waals surface area contributed by atoms with Crippen molar-refractivity contribution in [2.45, 2.75) is 6.42 Å². The van der Waals surface area contributed by atoms with Gasteiger partial charge in [-0.3, -0.25) is 4.79 Å². The Bertz CT molecular complexity index is 820. The van der Waals surface area contributed by atoms with Crippen molar-refractivity contribution in [1.82, 2.24) is 0 Å². The summed E-state index contributed by atoms with van der Waals surface area (Å²) in [6, 6.07) is 21.4. The normalized spacial score (nSPS) is 13.9. The standard InChI is InChI=1S/C14H10.C5H4O3/c1-3-7-13-11(5-1)9-10-12-6-2-4-8-14(12)13;1-3-2-4(6)8-5(3)7/h1-10H;1-2H2. The number of cyclic esters (lactones) is 2. The second-order valence-electron chi connectivity index (χ2n) is 5.05. The van der Waals surface area contributed by atoms with E-state index >= 15 is 0 Å². The van der Waals surface area contributed by atoms with Crippen molar-refractivity contribution in [2.24, 2.45) is 0 Å². The van der Waals surface area contributed by atoms with Crippen LogP contribution in [0.2, 0.25) is 0 Å². The van der Waals surface area contributed by atoms with Gasteiger partial charge in [0.1, 0.15) is 0 Å². The number of hydrogen-bond donors (Lipinski definition) is 0. The van der Waals surface area contributed by atoms with Crippen molar-refractivity contribution in [3.8, 4) is 0 Å². The minimum absolute atomic E-state index is 0.0544. The van der Waals surface area contributed by atoms with Crippen molar-refractivity contribution < 1.29 is 14.3 Å². The molecule has 0 bridgehead atoms. The third-order valence-corrected chi connectivity index (χ3v) is 3.51. The van der Waals surface area contributed by atoms with Crippen LogP contribution in [-0.4, -0.2) is 11.9 Å². The molecular weight excluding hydrogens is 276 g/mol. The third-order valence-electron chi connectivity index (χ3n) is 3.51. The molecule has 1 aliphatic rings. The molecule has 0 spiro atoms. The van der Waals surface area contributed by atoms with Gasteiger partial charge < -0.3 is 4.74 Å². The summed E-state index contributed by atoms with van der Waals surface area (Å²) in [6.07, 6.45) is 0.0544. The third kappa shape index (κ3) is 2.74. The Labute approximate surface area is 127 Å². The number of benzene rings is 3. The number of esters is 2. The average Bonchev–Trinajstić information content (AvgIpc) is 2.84. The van der Waals surface area contributed by atoms with Gasteiger partial charge in [-0.05, 0) is 21.5 Å². The predicted octanol–water partition coefficient (Wildman–Crippen LogP) is 4.01. The van der Waals surface area contributed by atoms with Gasteiger partial charge in [0.05, 0.1) is 6.42 Å². The first-order valence-electron chi connectivity index (χ1n) is 6.94. The maximum Gasteiger partial charge on any atom is 0.341 e. The van der Waals surface area contributed by atoms with E-state index in [9.17, 15) is 9.59 Å². The summed E-state index contributed by atoms with van der Waals surface area (Å²) in [5.41, 5.74) is 0.245. The quantitative estimate of drug-likeness (QED) is 0.272. The van der Waals surface area contributed by atoms with E-state index in [1.54, 1.807) is 0 Å². The van der Waals surface area contributed by atoms with Crippen LogP contribution in [0.4, 0.5) is 0 Å². The predicted molar refractivity (Wildman–Crippen MR) is 86.3 cm³/mol.